The molecule has 0 saturated carbocycles. The van der Waals surface area contributed by atoms with E-state index in [-0.39, 0.29) is 12.1 Å². The Hall–Kier alpha value is -3.33. The number of carbonyl (C=O) groups is 3. The molecule has 2 heterocycles. The Morgan fingerprint density at radius 1 is 1.10 bits per heavy atom. The SMILES string of the molecule is O=C1NC(=O)[C@@]2(N1)C(=O)N(C/C=C/c1ccc(Cl)c(C(F)(F)F)c1)c1ccccc12. The molecule has 2 aromatic rings. The fraction of sp³-hybridized carbons (Fsp3) is 0.150. The molecule has 2 aliphatic heterocycles. The number of amides is 4. The lowest BCUT2D eigenvalue weighted by molar-refractivity contribution is -0.137. The number of nitrogens with one attached hydrogen (secondary N) is 2. The summed E-state index contributed by atoms with van der Waals surface area (Å²) in [6, 6.07) is 9.19. The van der Waals surface area contributed by atoms with Gasteiger partial charge in [-0.2, -0.15) is 13.2 Å². The lowest BCUT2D eigenvalue weighted by atomic mass is 9.92. The molecule has 4 rings (SSSR count). The van der Waals surface area contributed by atoms with E-state index in [0.29, 0.717) is 11.3 Å². The van der Waals surface area contributed by atoms with E-state index >= 15 is 0 Å². The highest BCUT2D eigenvalue weighted by Crippen LogP contribution is 2.42. The summed E-state index contributed by atoms with van der Waals surface area (Å²) in [5.41, 5.74) is -1.80. The van der Waals surface area contributed by atoms with Gasteiger partial charge >= 0.3 is 12.2 Å². The molecule has 10 heteroatoms. The number of halogens is 4. The lowest BCUT2D eigenvalue weighted by Gasteiger charge is -2.20. The van der Waals surface area contributed by atoms with Crippen LogP contribution in [0, 0.1) is 0 Å². The number of benzene rings is 2. The standard InChI is InChI=1S/C20H13ClF3N3O3/c21-14-8-7-11(10-13(14)20(22,23)24)4-3-9-27-15-6-2-1-5-12(15)19(17(27)29)16(28)25-18(30)26-19/h1-8,10H,9H2,(H2,25,26,28,30)/b4-3+/t19-/m1/s1. The first-order valence-electron chi connectivity index (χ1n) is 8.73. The number of imide groups is 1. The van der Waals surface area contributed by atoms with Gasteiger partial charge in [0.1, 0.15) is 0 Å². The number of urea groups is 1. The van der Waals surface area contributed by atoms with Crippen LogP contribution in [-0.2, 0) is 21.3 Å². The second-order valence-electron chi connectivity index (χ2n) is 6.73. The highest BCUT2D eigenvalue weighted by molar-refractivity contribution is 6.31. The molecule has 0 bridgehead atoms. The molecule has 30 heavy (non-hydrogen) atoms. The van der Waals surface area contributed by atoms with E-state index in [9.17, 15) is 27.6 Å². The predicted molar refractivity (Wildman–Crippen MR) is 103 cm³/mol. The van der Waals surface area contributed by atoms with Crippen LogP contribution >= 0.6 is 11.6 Å². The zero-order chi connectivity index (χ0) is 21.7. The lowest BCUT2D eigenvalue weighted by Crippen LogP contribution is -2.52. The first-order chi connectivity index (χ1) is 14.1. The fourth-order valence-electron chi connectivity index (χ4n) is 3.59. The van der Waals surface area contributed by atoms with Crippen LogP contribution in [0.5, 0.6) is 0 Å². The smallest absolute Gasteiger partial charge is 0.312 e. The zero-order valence-electron chi connectivity index (χ0n) is 15.1. The van der Waals surface area contributed by atoms with Gasteiger partial charge in [0.15, 0.2) is 0 Å². The average molecular weight is 436 g/mol. The van der Waals surface area contributed by atoms with E-state index in [1.165, 1.54) is 23.1 Å². The number of anilines is 1. The Morgan fingerprint density at radius 2 is 1.83 bits per heavy atom. The Kier molecular flexibility index (Phi) is 4.58. The van der Waals surface area contributed by atoms with Crippen LogP contribution in [0.2, 0.25) is 5.02 Å². The molecule has 1 saturated heterocycles. The summed E-state index contributed by atoms with van der Waals surface area (Å²) in [5.74, 6) is -1.42. The van der Waals surface area contributed by atoms with Gasteiger partial charge in [-0.3, -0.25) is 14.9 Å². The maximum atomic E-state index is 13.1. The van der Waals surface area contributed by atoms with Crippen molar-refractivity contribution in [2.45, 2.75) is 11.7 Å². The van der Waals surface area contributed by atoms with E-state index < -0.39 is 40.1 Å². The highest BCUT2D eigenvalue weighted by Gasteiger charge is 2.60. The van der Waals surface area contributed by atoms with Crippen LogP contribution in [0.1, 0.15) is 16.7 Å². The Labute approximate surface area is 173 Å². The van der Waals surface area contributed by atoms with Gasteiger partial charge in [-0.1, -0.05) is 48.0 Å². The minimum absolute atomic E-state index is 0.0231. The molecule has 1 atom stereocenters. The van der Waals surface area contributed by atoms with Crippen LogP contribution in [-0.4, -0.2) is 24.4 Å². The summed E-state index contributed by atoms with van der Waals surface area (Å²) >= 11 is 5.62. The van der Waals surface area contributed by atoms with Crippen molar-refractivity contribution >= 4 is 41.2 Å². The van der Waals surface area contributed by atoms with Crippen LogP contribution < -0.4 is 15.5 Å². The van der Waals surface area contributed by atoms with Crippen molar-refractivity contribution in [2.75, 3.05) is 11.4 Å². The molecule has 0 unspecified atom stereocenters. The molecular formula is C20H13ClF3N3O3. The van der Waals surface area contributed by atoms with Crippen molar-refractivity contribution < 1.29 is 27.6 Å². The summed E-state index contributed by atoms with van der Waals surface area (Å²) in [7, 11) is 0. The predicted octanol–water partition coefficient (Wildman–Crippen LogP) is 3.45. The van der Waals surface area contributed by atoms with E-state index in [1.807, 2.05) is 0 Å². The molecule has 4 amide bonds. The van der Waals surface area contributed by atoms with Crippen molar-refractivity contribution in [2.24, 2.45) is 0 Å². The number of hydrogen-bond acceptors (Lipinski definition) is 3. The number of alkyl halides is 3. The first kappa shape index (κ1) is 20.0. The zero-order valence-corrected chi connectivity index (χ0v) is 15.8. The number of fused-ring (bicyclic) bond motifs is 2. The van der Waals surface area contributed by atoms with Crippen LogP contribution in [0.15, 0.2) is 48.5 Å². The Morgan fingerprint density at radius 3 is 2.50 bits per heavy atom. The maximum Gasteiger partial charge on any atom is 0.417 e. The normalized spacial score (nSPS) is 20.8. The van der Waals surface area contributed by atoms with Crippen molar-refractivity contribution in [3.63, 3.8) is 0 Å². The van der Waals surface area contributed by atoms with Gasteiger partial charge in [0.25, 0.3) is 11.8 Å². The highest BCUT2D eigenvalue weighted by atomic mass is 35.5. The van der Waals surface area contributed by atoms with E-state index in [1.54, 1.807) is 24.3 Å². The van der Waals surface area contributed by atoms with Crippen LogP contribution in [0.25, 0.3) is 6.08 Å². The maximum absolute atomic E-state index is 13.1. The third-order valence-corrected chi connectivity index (χ3v) is 5.26. The van der Waals surface area contributed by atoms with Gasteiger partial charge in [-0.25, -0.2) is 4.79 Å². The molecule has 0 radical (unpaired) electrons. The molecule has 0 aromatic heterocycles. The second kappa shape index (κ2) is 6.88. The summed E-state index contributed by atoms with van der Waals surface area (Å²) < 4.78 is 39.1. The molecule has 0 aliphatic carbocycles. The molecule has 2 N–H and O–H groups in total. The van der Waals surface area contributed by atoms with Crippen molar-refractivity contribution in [1.29, 1.82) is 0 Å². The average Bonchev–Trinajstić information content (AvgIpc) is 3.11. The number of hydrogen-bond donors (Lipinski definition) is 2. The summed E-state index contributed by atoms with van der Waals surface area (Å²) in [6.07, 6.45) is -1.68. The largest absolute Gasteiger partial charge is 0.417 e. The van der Waals surface area contributed by atoms with E-state index in [4.69, 9.17) is 11.6 Å². The Balaban J connectivity index is 1.63. The minimum atomic E-state index is -4.59. The van der Waals surface area contributed by atoms with Gasteiger partial charge in [0, 0.05) is 12.1 Å². The number of nitrogens with zero attached hydrogens (tertiary/aromatic N) is 1. The van der Waals surface area contributed by atoms with Crippen LogP contribution in [0.4, 0.5) is 23.7 Å². The van der Waals surface area contributed by atoms with Gasteiger partial charge in [-0.05, 0) is 23.8 Å². The topological polar surface area (TPSA) is 78.5 Å². The van der Waals surface area contributed by atoms with Crippen LogP contribution in [0.3, 0.4) is 0 Å². The number of carbonyl (C=O) groups excluding carboxylic acids is 3. The van der Waals surface area contributed by atoms with E-state index in [2.05, 4.69) is 10.6 Å². The van der Waals surface area contributed by atoms with Crippen molar-refractivity contribution in [3.8, 4) is 0 Å². The van der Waals surface area contributed by atoms with Gasteiger partial charge < -0.3 is 10.2 Å². The van der Waals surface area contributed by atoms with Gasteiger partial charge in [0.05, 0.1) is 16.3 Å². The fourth-order valence-corrected chi connectivity index (χ4v) is 3.81. The van der Waals surface area contributed by atoms with Crippen molar-refractivity contribution in [3.05, 3.63) is 70.3 Å². The first-order valence-corrected chi connectivity index (χ1v) is 9.11. The third kappa shape index (κ3) is 3.02. The van der Waals surface area contributed by atoms with Gasteiger partial charge in [-0.15, -0.1) is 0 Å². The minimum Gasteiger partial charge on any atom is -0.312 e. The van der Waals surface area contributed by atoms with Gasteiger partial charge in [0.2, 0.25) is 5.54 Å². The molecule has 2 aromatic carbocycles. The molecule has 6 nitrogen and oxygen atoms in total. The number of rotatable bonds is 3. The second-order valence-corrected chi connectivity index (χ2v) is 7.14. The quantitative estimate of drug-likeness (QED) is 0.572. The summed E-state index contributed by atoms with van der Waals surface area (Å²) in [4.78, 5) is 38.4. The van der Waals surface area contributed by atoms with Crippen molar-refractivity contribution in [1.82, 2.24) is 10.6 Å². The molecule has 154 valence electrons. The summed E-state index contributed by atoms with van der Waals surface area (Å²) in [6.45, 7) is -0.0231. The molecule has 2 aliphatic rings. The molecule has 1 fully saturated rings. The monoisotopic (exact) mass is 435 g/mol. The number of para-hydroxylation sites is 1. The molecular weight excluding hydrogens is 423 g/mol. The Bertz CT molecular complexity index is 1120. The summed E-state index contributed by atoms with van der Waals surface area (Å²) in [5, 5.41) is 4.07. The molecule has 1 spiro atoms. The van der Waals surface area contributed by atoms with E-state index in [0.717, 1.165) is 12.1 Å². The third-order valence-electron chi connectivity index (χ3n) is 4.93.